The van der Waals surface area contributed by atoms with E-state index in [1.807, 2.05) is 39.0 Å². The summed E-state index contributed by atoms with van der Waals surface area (Å²) in [5.74, 6) is 0.152. The van der Waals surface area contributed by atoms with Crippen LogP contribution in [0.2, 0.25) is 0 Å². The third-order valence-corrected chi connectivity index (χ3v) is 3.50. The van der Waals surface area contributed by atoms with Crippen molar-refractivity contribution in [3.05, 3.63) is 59.2 Å². The fraction of sp³-hybridized carbons (Fsp3) is 0.263. The van der Waals surface area contributed by atoms with Crippen LogP contribution in [0.4, 0.5) is 5.69 Å². The van der Waals surface area contributed by atoms with Crippen molar-refractivity contribution in [3.63, 3.8) is 0 Å². The molecule has 5 heteroatoms. The molecule has 2 aromatic rings. The highest BCUT2D eigenvalue weighted by Gasteiger charge is 2.09. The summed E-state index contributed by atoms with van der Waals surface area (Å²) in [5.41, 5.74) is 3.29. The second-order valence-corrected chi connectivity index (χ2v) is 5.51. The van der Waals surface area contributed by atoms with E-state index in [2.05, 4.69) is 10.6 Å². The van der Waals surface area contributed by atoms with E-state index in [9.17, 15) is 9.59 Å². The number of aryl methyl sites for hydroxylation is 2. The van der Waals surface area contributed by atoms with Crippen LogP contribution in [0.5, 0.6) is 5.75 Å². The molecule has 126 valence electrons. The van der Waals surface area contributed by atoms with Gasteiger partial charge in [0.1, 0.15) is 5.75 Å². The monoisotopic (exact) mass is 326 g/mol. The Balaban J connectivity index is 1.88. The van der Waals surface area contributed by atoms with Crippen LogP contribution in [0.1, 0.15) is 28.4 Å². The maximum atomic E-state index is 12.1. The van der Waals surface area contributed by atoms with Gasteiger partial charge in [0.2, 0.25) is 5.91 Å². The molecule has 0 saturated carbocycles. The first kappa shape index (κ1) is 17.5. The Morgan fingerprint density at radius 3 is 2.42 bits per heavy atom. The Morgan fingerprint density at radius 1 is 1.04 bits per heavy atom. The van der Waals surface area contributed by atoms with Crippen LogP contribution in [0, 0.1) is 13.8 Å². The molecule has 0 bridgehead atoms. The van der Waals surface area contributed by atoms with Gasteiger partial charge < -0.3 is 15.4 Å². The molecule has 0 saturated heterocycles. The molecule has 2 rings (SSSR count). The average Bonchev–Trinajstić information content (AvgIpc) is 2.57. The van der Waals surface area contributed by atoms with Crippen molar-refractivity contribution in [2.24, 2.45) is 0 Å². The van der Waals surface area contributed by atoms with Gasteiger partial charge >= 0.3 is 0 Å². The number of amides is 2. The number of carbonyl (C=O) groups excluding carboxylic acids is 2. The molecule has 0 unspecified atom stereocenters. The molecule has 0 atom stereocenters. The third-order valence-electron chi connectivity index (χ3n) is 3.50. The van der Waals surface area contributed by atoms with Crippen LogP contribution < -0.4 is 15.4 Å². The molecular weight excluding hydrogens is 304 g/mol. The molecule has 0 aliphatic heterocycles. The lowest BCUT2D eigenvalue weighted by Crippen LogP contribution is -2.33. The van der Waals surface area contributed by atoms with Crippen LogP contribution in [-0.2, 0) is 4.79 Å². The molecule has 24 heavy (non-hydrogen) atoms. The first-order chi connectivity index (χ1) is 11.5. The largest absolute Gasteiger partial charge is 0.494 e. The maximum Gasteiger partial charge on any atom is 0.251 e. The van der Waals surface area contributed by atoms with Crippen molar-refractivity contribution in [2.75, 3.05) is 18.5 Å². The van der Waals surface area contributed by atoms with Gasteiger partial charge in [-0.2, -0.15) is 0 Å². The first-order valence-electron chi connectivity index (χ1n) is 7.87. The highest BCUT2D eigenvalue weighted by atomic mass is 16.5. The van der Waals surface area contributed by atoms with E-state index in [0.29, 0.717) is 17.9 Å². The van der Waals surface area contributed by atoms with Gasteiger partial charge in [-0.3, -0.25) is 9.59 Å². The van der Waals surface area contributed by atoms with Crippen LogP contribution in [-0.4, -0.2) is 25.0 Å². The smallest absolute Gasteiger partial charge is 0.251 e. The van der Waals surface area contributed by atoms with Crippen molar-refractivity contribution >= 4 is 17.5 Å². The Hall–Kier alpha value is -2.82. The zero-order valence-corrected chi connectivity index (χ0v) is 14.2. The van der Waals surface area contributed by atoms with Crippen LogP contribution >= 0.6 is 0 Å². The Kier molecular flexibility index (Phi) is 5.95. The summed E-state index contributed by atoms with van der Waals surface area (Å²) >= 11 is 0. The summed E-state index contributed by atoms with van der Waals surface area (Å²) in [7, 11) is 0. The number of nitrogens with one attached hydrogen (secondary N) is 2. The molecule has 5 nitrogen and oxygen atoms in total. The SMILES string of the molecule is CCOc1ccc(C(=O)NCC(=O)Nc2cc(C)ccc2C)cc1. The van der Waals surface area contributed by atoms with E-state index in [1.54, 1.807) is 24.3 Å². The fourth-order valence-electron chi connectivity index (χ4n) is 2.20. The average molecular weight is 326 g/mol. The van der Waals surface area contributed by atoms with E-state index in [-0.39, 0.29) is 18.4 Å². The topological polar surface area (TPSA) is 67.4 Å². The number of hydrogen-bond donors (Lipinski definition) is 2. The van der Waals surface area contributed by atoms with E-state index in [1.165, 1.54) is 0 Å². The van der Waals surface area contributed by atoms with Gasteiger partial charge in [-0.15, -0.1) is 0 Å². The number of anilines is 1. The molecule has 2 amide bonds. The molecule has 0 fully saturated rings. The minimum absolute atomic E-state index is 0.0839. The predicted octanol–water partition coefficient (Wildman–Crippen LogP) is 3.07. The Morgan fingerprint density at radius 2 is 1.75 bits per heavy atom. The van der Waals surface area contributed by atoms with E-state index in [0.717, 1.165) is 16.8 Å². The molecule has 0 radical (unpaired) electrons. The summed E-state index contributed by atoms with van der Waals surface area (Å²) in [6.07, 6.45) is 0. The van der Waals surface area contributed by atoms with E-state index >= 15 is 0 Å². The summed E-state index contributed by atoms with van der Waals surface area (Å²) in [4.78, 5) is 24.1. The molecule has 2 aromatic carbocycles. The van der Waals surface area contributed by atoms with Crippen LogP contribution in [0.15, 0.2) is 42.5 Å². The lowest BCUT2D eigenvalue weighted by atomic mass is 10.1. The van der Waals surface area contributed by atoms with Crippen molar-refractivity contribution in [1.29, 1.82) is 0 Å². The first-order valence-corrected chi connectivity index (χ1v) is 7.87. The summed E-state index contributed by atoms with van der Waals surface area (Å²) < 4.78 is 5.33. The molecular formula is C19H22N2O3. The highest BCUT2D eigenvalue weighted by Crippen LogP contribution is 2.16. The van der Waals surface area contributed by atoms with Gasteiger partial charge in [0, 0.05) is 11.3 Å². The second-order valence-electron chi connectivity index (χ2n) is 5.51. The van der Waals surface area contributed by atoms with Crippen molar-refractivity contribution in [1.82, 2.24) is 5.32 Å². The molecule has 0 aromatic heterocycles. The standard InChI is InChI=1S/C19H22N2O3/c1-4-24-16-9-7-15(8-10-16)19(23)20-12-18(22)21-17-11-13(2)5-6-14(17)3/h5-11H,4,12H2,1-3H3,(H,20,23)(H,21,22). The predicted molar refractivity (Wildman–Crippen MR) is 94.5 cm³/mol. The lowest BCUT2D eigenvalue weighted by Gasteiger charge is -2.10. The molecule has 0 aliphatic rings. The normalized spacial score (nSPS) is 10.1. The number of benzene rings is 2. The van der Waals surface area contributed by atoms with E-state index < -0.39 is 0 Å². The van der Waals surface area contributed by atoms with Gasteiger partial charge in [0.15, 0.2) is 0 Å². The summed E-state index contributed by atoms with van der Waals surface area (Å²) in [6, 6.07) is 12.6. The maximum absolute atomic E-state index is 12.1. The molecule has 2 N–H and O–H groups in total. The second kappa shape index (κ2) is 8.15. The van der Waals surface area contributed by atoms with Crippen LogP contribution in [0.25, 0.3) is 0 Å². The van der Waals surface area contributed by atoms with Gasteiger partial charge in [0.25, 0.3) is 5.91 Å². The minimum Gasteiger partial charge on any atom is -0.494 e. The number of rotatable bonds is 6. The van der Waals surface area contributed by atoms with Crippen molar-refractivity contribution in [2.45, 2.75) is 20.8 Å². The third kappa shape index (κ3) is 4.84. The number of carbonyl (C=O) groups is 2. The number of hydrogen-bond acceptors (Lipinski definition) is 3. The van der Waals surface area contributed by atoms with Gasteiger partial charge in [-0.05, 0) is 62.2 Å². The van der Waals surface area contributed by atoms with Gasteiger partial charge in [-0.25, -0.2) is 0 Å². The van der Waals surface area contributed by atoms with Crippen molar-refractivity contribution in [3.8, 4) is 5.75 Å². The number of ether oxygens (including phenoxy) is 1. The van der Waals surface area contributed by atoms with Crippen LogP contribution in [0.3, 0.4) is 0 Å². The van der Waals surface area contributed by atoms with Gasteiger partial charge in [-0.1, -0.05) is 12.1 Å². The fourth-order valence-corrected chi connectivity index (χ4v) is 2.20. The molecule has 0 spiro atoms. The quantitative estimate of drug-likeness (QED) is 0.857. The zero-order chi connectivity index (χ0) is 17.5. The molecule has 0 heterocycles. The molecule has 0 aliphatic carbocycles. The van der Waals surface area contributed by atoms with E-state index in [4.69, 9.17) is 4.74 Å². The summed E-state index contributed by atoms with van der Waals surface area (Å²) in [6.45, 7) is 6.27. The highest BCUT2D eigenvalue weighted by molar-refractivity contribution is 5.99. The van der Waals surface area contributed by atoms with Gasteiger partial charge in [0.05, 0.1) is 13.2 Å². The Labute approximate surface area is 142 Å². The Bertz CT molecular complexity index is 724. The summed E-state index contributed by atoms with van der Waals surface area (Å²) in [5, 5.41) is 5.42. The zero-order valence-electron chi connectivity index (χ0n) is 14.2. The lowest BCUT2D eigenvalue weighted by molar-refractivity contribution is -0.115. The van der Waals surface area contributed by atoms with Crippen molar-refractivity contribution < 1.29 is 14.3 Å². The minimum atomic E-state index is -0.297.